The molecule has 2 aliphatic heterocycles. The van der Waals surface area contributed by atoms with Gasteiger partial charge in [-0.2, -0.15) is 0 Å². The minimum absolute atomic E-state index is 0.0124. The van der Waals surface area contributed by atoms with Crippen LogP contribution in [0.4, 0.5) is 5.69 Å². The van der Waals surface area contributed by atoms with E-state index in [-0.39, 0.29) is 5.91 Å². The summed E-state index contributed by atoms with van der Waals surface area (Å²) in [5.41, 5.74) is 3.14. The molecule has 1 aromatic rings. The van der Waals surface area contributed by atoms with Gasteiger partial charge in [0.2, 0.25) is 0 Å². The van der Waals surface area contributed by atoms with Crippen LogP contribution in [0.25, 0.3) is 0 Å². The van der Waals surface area contributed by atoms with Crippen molar-refractivity contribution in [2.24, 2.45) is 5.92 Å². The van der Waals surface area contributed by atoms with Crippen molar-refractivity contribution in [3.8, 4) is 0 Å². The first-order valence-corrected chi connectivity index (χ1v) is 6.55. The standard InChI is InChI=1S/C14H18N2O2/c17-14(16-8-10-4-6-18-9-10)12-2-1-11-3-5-15-13(11)7-12/h1-2,7,10,15H,3-6,8-9H2,(H,16,17). The van der Waals surface area contributed by atoms with Crippen LogP contribution in [0.1, 0.15) is 22.3 Å². The second kappa shape index (κ2) is 4.98. The van der Waals surface area contributed by atoms with Crippen LogP contribution in [0.3, 0.4) is 0 Å². The first-order chi connectivity index (χ1) is 8.83. The van der Waals surface area contributed by atoms with Gasteiger partial charge in [-0.05, 0) is 30.5 Å². The second-order valence-corrected chi connectivity index (χ2v) is 4.99. The van der Waals surface area contributed by atoms with Gasteiger partial charge >= 0.3 is 0 Å². The SMILES string of the molecule is O=C(NCC1CCOC1)c1ccc2c(c1)NCC2. The van der Waals surface area contributed by atoms with Crippen molar-refractivity contribution < 1.29 is 9.53 Å². The summed E-state index contributed by atoms with van der Waals surface area (Å²) >= 11 is 0. The summed E-state index contributed by atoms with van der Waals surface area (Å²) in [6.07, 6.45) is 2.10. The fourth-order valence-electron chi connectivity index (χ4n) is 2.52. The van der Waals surface area contributed by atoms with E-state index in [4.69, 9.17) is 4.74 Å². The monoisotopic (exact) mass is 246 g/mol. The smallest absolute Gasteiger partial charge is 0.251 e. The average molecular weight is 246 g/mol. The molecular weight excluding hydrogens is 228 g/mol. The molecule has 1 fully saturated rings. The van der Waals surface area contributed by atoms with Crippen LogP contribution in [0, 0.1) is 5.92 Å². The van der Waals surface area contributed by atoms with E-state index in [0.717, 1.165) is 43.9 Å². The van der Waals surface area contributed by atoms with E-state index in [1.54, 1.807) is 0 Å². The Balaban J connectivity index is 1.61. The molecule has 2 aliphatic rings. The van der Waals surface area contributed by atoms with Crippen LogP contribution in [0.2, 0.25) is 0 Å². The van der Waals surface area contributed by atoms with E-state index in [1.807, 2.05) is 18.2 Å². The van der Waals surface area contributed by atoms with E-state index in [2.05, 4.69) is 10.6 Å². The average Bonchev–Trinajstić information content (AvgIpc) is 3.05. The first kappa shape index (κ1) is 11.5. The number of ether oxygens (including phenoxy) is 1. The molecule has 4 nitrogen and oxygen atoms in total. The van der Waals surface area contributed by atoms with Gasteiger partial charge in [0, 0.05) is 36.9 Å². The van der Waals surface area contributed by atoms with Gasteiger partial charge in [0.25, 0.3) is 5.91 Å². The molecule has 2 N–H and O–H groups in total. The lowest BCUT2D eigenvalue weighted by molar-refractivity contribution is 0.0945. The summed E-state index contributed by atoms with van der Waals surface area (Å²) in [5, 5.41) is 6.28. The third-order valence-corrected chi connectivity index (χ3v) is 3.66. The van der Waals surface area contributed by atoms with Gasteiger partial charge in [0.1, 0.15) is 0 Å². The van der Waals surface area contributed by atoms with E-state index >= 15 is 0 Å². The minimum Gasteiger partial charge on any atom is -0.384 e. The number of amides is 1. The number of carbonyl (C=O) groups excluding carboxylic acids is 1. The van der Waals surface area contributed by atoms with Gasteiger partial charge in [-0.3, -0.25) is 4.79 Å². The molecule has 18 heavy (non-hydrogen) atoms. The maximum absolute atomic E-state index is 12.0. The van der Waals surface area contributed by atoms with Crippen molar-refractivity contribution >= 4 is 11.6 Å². The topological polar surface area (TPSA) is 50.4 Å². The lowest BCUT2D eigenvalue weighted by Gasteiger charge is -2.10. The normalized spacial score (nSPS) is 21.4. The van der Waals surface area contributed by atoms with Gasteiger partial charge in [-0.15, -0.1) is 0 Å². The molecule has 1 amide bonds. The second-order valence-electron chi connectivity index (χ2n) is 4.99. The molecule has 2 heterocycles. The number of nitrogens with one attached hydrogen (secondary N) is 2. The highest BCUT2D eigenvalue weighted by Gasteiger charge is 2.17. The van der Waals surface area contributed by atoms with Crippen molar-refractivity contribution in [2.75, 3.05) is 31.6 Å². The minimum atomic E-state index is 0.0124. The Morgan fingerprint density at radius 1 is 1.50 bits per heavy atom. The zero-order valence-electron chi connectivity index (χ0n) is 10.4. The van der Waals surface area contributed by atoms with Crippen molar-refractivity contribution in [1.29, 1.82) is 0 Å². The van der Waals surface area contributed by atoms with Gasteiger partial charge in [-0.25, -0.2) is 0 Å². The Hall–Kier alpha value is -1.55. The highest BCUT2D eigenvalue weighted by atomic mass is 16.5. The molecule has 0 bridgehead atoms. The Morgan fingerprint density at radius 2 is 2.44 bits per heavy atom. The van der Waals surface area contributed by atoms with E-state index < -0.39 is 0 Å². The first-order valence-electron chi connectivity index (χ1n) is 6.55. The highest BCUT2D eigenvalue weighted by Crippen LogP contribution is 2.23. The Morgan fingerprint density at radius 3 is 3.28 bits per heavy atom. The predicted molar refractivity (Wildman–Crippen MR) is 69.9 cm³/mol. The molecular formula is C14H18N2O2. The maximum Gasteiger partial charge on any atom is 0.251 e. The zero-order valence-corrected chi connectivity index (χ0v) is 10.4. The number of carbonyl (C=O) groups is 1. The molecule has 4 heteroatoms. The van der Waals surface area contributed by atoms with E-state index in [9.17, 15) is 4.79 Å². The highest BCUT2D eigenvalue weighted by molar-refractivity contribution is 5.95. The molecule has 0 saturated carbocycles. The third kappa shape index (κ3) is 2.34. The number of benzene rings is 1. The Labute approximate surface area is 107 Å². The van der Waals surface area contributed by atoms with Crippen molar-refractivity contribution in [3.63, 3.8) is 0 Å². The van der Waals surface area contributed by atoms with E-state index in [0.29, 0.717) is 12.5 Å². The lowest BCUT2D eigenvalue weighted by atomic mass is 10.1. The van der Waals surface area contributed by atoms with Crippen molar-refractivity contribution in [3.05, 3.63) is 29.3 Å². The molecule has 96 valence electrons. The number of fused-ring (bicyclic) bond motifs is 1. The van der Waals surface area contributed by atoms with Crippen LogP contribution < -0.4 is 10.6 Å². The molecule has 1 atom stereocenters. The fourth-order valence-corrected chi connectivity index (χ4v) is 2.52. The number of hydrogen-bond acceptors (Lipinski definition) is 3. The van der Waals surface area contributed by atoms with Gasteiger partial charge in [-0.1, -0.05) is 6.07 Å². The van der Waals surface area contributed by atoms with Crippen LogP contribution >= 0.6 is 0 Å². The molecule has 3 rings (SSSR count). The molecule has 0 radical (unpaired) electrons. The molecule has 0 spiro atoms. The molecule has 1 unspecified atom stereocenters. The van der Waals surface area contributed by atoms with Crippen LogP contribution in [-0.4, -0.2) is 32.2 Å². The summed E-state index contributed by atoms with van der Waals surface area (Å²) in [5.74, 6) is 0.486. The van der Waals surface area contributed by atoms with Crippen LogP contribution in [0.5, 0.6) is 0 Å². The van der Waals surface area contributed by atoms with Crippen LogP contribution in [0.15, 0.2) is 18.2 Å². The lowest BCUT2D eigenvalue weighted by Crippen LogP contribution is -2.29. The predicted octanol–water partition coefficient (Wildman–Crippen LogP) is 1.42. The number of hydrogen-bond donors (Lipinski definition) is 2. The van der Waals surface area contributed by atoms with Crippen molar-refractivity contribution in [2.45, 2.75) is 12.8 Å². The fraction of sp³-hybridized carbons (Fsp3) is 0.500. The van der Waals surface area contributed by atoms with Gasteiger partial charge in [0.15, 0.2) is 0 Å². The zero-order chi connectivity index (χ0) is 12.4. The number of rotatable bonds is 3. The third-order valence-electron chi connectivity index (χ3n) is 3.66. The summed E-state index contributed by atoms with van der Waals surface area (Å²) < 4.78 is 5.29. The molecule has 1 saturated heterocycles. The van der Waals surface area contributed by atoms with Gasteiger partial charge in [0.05, 0.1) is 6.61 Å². The quantitative estimate of drug-likeness (QED) is 0.848. The van der Waals surface area contributed by atoms with Crippen LogP contribution in [-0.2, 0) is 11.2 Å². The van der Waals surface area contributed by atoms with E-state index in [1.165, 1.54) is 5.56 Å². The summed E-state index contributed by atoms with van der Waals surface area (Å²) in [7, 11) is 0. The largest absolute Gasteiger partial charge is 0.384 e. The number of anilines is 1. The molecule has 0 aromatic heterocycles. The Bertz CT molecular complexity index is 453. The summed E-state index contributed by atoms with van der Waals surface area (Å²) in [6.45, 7) is 3.28. The summed E-state index contributed by atoms with van der Waals surface area (Å²) in [4.78, 5) is 12.0. The van der Waals surface area contributed by atoms with Crippen molar-refractivity contribution in [1.82, 2.24) is 5.32 Å². The Kier molecular flexibility index (Phi) is 3.19. The maximum atomic E-state index is 12.0. The molecule has 1 aromatic carbocycles. The summed E-state index contributed by atoms with van der Waals surface area (Å²) in [6, 6.07) is 5.90. The van der Waals surface area contributed by atoms with Gasteiger partial charge < -0.3 is 15.4 Å². The molecule has 0 aliphatic carbocycles.